The molecule has 1 aliphatic rings. The van der Waals surface area contributed by atoms with Crippen molar-refractivity contribution in [1.82, 2.24) is 10.2 Å². The minimum absolute atomic E-state index is 0.170. The van der Waals surface area contributed by atoms with Crippen molar-refractivity contribution in [2.45, 2.75) is 6.04 Å². The molecule has 2 aromatic carbocycles. The van der Waals surface area contributed by atoms with Gasteiger partial charge in [-0.2, -0.15) is 0 Å². The minimum Gasteiger partial charge on any atom is -0.497 e. The maximum atomic E-state index is 5.64. The highest BCUT2D eigenvalue weighted by Gasteiger charge is 2.26. The predicted octanol–water partition coefficient (Wildman–Crippen LogP) is 2.70. The van der Waals surface area contributed by atoms with E-state index < -0.39 is 0 Å². The van der Waals surface area contributed by atoms with Crippen molar-refractivity contribution in [3.63, 3.8) is 0 Å². The summed E-state index contributed by atoms with van der Waals surface area (Å²) in [6, 6.07) is 16.8. The number of nitrogens with one attached hydrogen (secondary N) is 1. The third kappa shape index (κ3) is 3.49. The van der Waals surface area contributed by atoms with Gasteiger partial charge in [0.2, 0.25) is 0 Å². The van der Waals surface area contributed by atoms with Gasteiger partial charge in [-0.25, -0.2) is 0 Å². The molecule has 122 valence electrons. The molecule has 1 atom stereocenters. The molecule has 0 bridgehead atoms. The molecule has 1 fully saturated rings. The molecule has 0 radical (unpaired) electrons. The van der Waals surface area contributed by atoms with Gasteiger partial charge in [0.25, 0.3) is 0 Å². The van der Waals surface area contributed by atoms with Crippen molar-refractivity contribution in [3.05, 3.63) is 59.7 Å². The standard InChI is InChI=1S/C19H24N2O2/c1-22-16-8-9-18(23-2)17(14-16)19(15-6-4-3-5-7-15)21-12-10-20-11-13-21/h3-9,14,19-20H,10-13H2,1-2H3. The van der Waals surface area contributed by atoms with Crippen LogP contribution in [0.4, 0.5) is 0 Å². The van der Waals surface area contributed by atoms with E-state index in [0.717, 1.165) is 43.2 Å². The Morgan fingerprint density at radius 3 is 2.35 bits per heavy atom. The Bertz CT molecular complexity index is 625. The number of methoxy groups -OCH3 is 2. The van der Waals surface area contributed by atoms with Crippen LogP contribution in [0.3, 0.4) is 0 Å². The summed E-state index contributed by atoms with van der Waals surface area (Å²) < 4.78 is 11.1. The van der Waals surface area contributed by atoms with Crippen molar-refractivity contribution < 1.29 is 9.47 Å². The van der Waals surface area contributed by atoms with Crippen molar-refractivity contribution in [2.24, 2.45) is 0 Å². The smallest absolute Gasteiger partial charge is 0.124 e. The van der Waals surface area contributed by atoms with Gasteiger partial charge < -0.3 is 14.8 Å². The van der Waals surface area contributed by atoms with Gasteiger partial charge in [-0.3, -0.25) is 4.90 Å². The van der Waals surface area contributed by atoms with Crippen molar-refractivity contribution in [2.75, 3.05) is 40.4 Å². The molecule has 4 nitrogen and oxygen atoms in total. The third-order valence-electron chi connectivity index (χ3n) is 4.36. The number of nitrogens with zero attached hydrogens (tertiary/aromatic N) is 1. The van der Waals surface area contributed by atoms with E-state index >= 15 is 0 Å². The number of hydrogen-bond acceptors (Lipinski definition) is 4. The molecule has 1 saturated heterocycles. The van der Waals surface area contributed by atoms with Crippen LogP contribution in [0.15, 0.2) is 48.5 Å². The van der Waals surface area contributed by atoms with Crippen LogP contribution >= 0.6 is 0 Å². The van der Waals surface area contributed by atoms with Gasteiger partial charge in [0.05, 0.1) is 20.3 Å². The largest absolute Gasteiger partial charge is 0.497 e. The lowest BCUT2D eigenvalue weighted by Gasteiger charge is -2.36. The van der Waals surface area contributed by atoms with E-state index in [2.05, 4.69) is 46.6 Å². The lowest BCUT2D eigenvalue weighted by Crippen LogP contribution is -2.45. The average molecular weight is 312 g/mol. The molecular weight excluding hydrogens is 288 g/mol. The molecule has 1 heterocycles. The second-order valence-corrected chi connectivity index (χ2v) is 5.71. The van der Waals surface area contributed by atoms with E-state index in [9.17, 15) is 0 Å². The fourth-order valence-corrected chi connectivity index (χ4v) is 3.22. The first kappa shape index (κ1) is 15.8. The second-order valence-electron chi connectivity index (χ2n) is 5.71. The first-order chi connectivity index (χ1) is 11.3. The lowest BCUT2D eigenvalue weighted by atomic mass is 9.95. The number of ether oxygens (including phenoxy) is 2. The van der Waals surface area contributed by atoms with Gasteiger partial charge in [0.15, 0.2) is 0 Å². The summed E-state index contributed by atoms with van der Waals surface area (Å²) in [5.74, 6) is 1.76. The van der Waals surface area contributed by atoms with Gasteiger partial charge in [-0.05, 0) is 23.8 Å². The molecule has 23 heavy (non-hydrogen) atoms. The highest BCUT2D eigenvalue weighted by atomic mass is 16.5. The third-order valence-corrected chi connectivity index (χ3v) is 4.36. The number of benzene rings is 2. The van der Waals surface area contributed by atoms with Gasteiger partial charge in [-0.15, -0.1) is 0 Å². The van der Waals surface area contributed by atoms with Crippen LogP contribution < -0.4 is 14.8 Å². The van der Waals surface area contributed by atoms with Crippen molar-refractivity contribution in [3.8, 4) is 11.5 Å². The average Bonchev–Trinajstić information content (AvgIpc) is 2.63. The van der Waals surface area contributed by atoms with Gasteiger partial charge in [0.1, 0.15) is 11.5 Å². The monoisotopic (exact) mass is 312 g/mol. The minimum atomic E-state index is 0.170. The summed E-state index contributed by atoms with van der Waals surface area (Å²) in [6.45, 7) is 4.05. The molecule has 3 rings (SSSR count). The maximum absolute atomic E-state index is 5.64. The van der Waals surface area contributed by atoms with Crippen LogP contribution in [0.25, 0.3) is 0 Å². The van der Waals surface area contributed by atoms with Crippen LogP contribution in [0.1, 0.15) is 17.2 Å². The predicted molar refractivity (Wildman–Crippen MR) is 92.3 cm³/mol. The zero-order chi connectivity index (χ0) is 16.1. The molecule has 0 aromatic heterocycles. The quantitative estimate of drug-likeness (QED) is 0.920. The molecule has 1 aliphatic heterocycles. The SMILES string of the molecule is COc1ccc(OC)c(C(c2ccccc2)N2CCNCC2)c1. The summed E-state index contributed by atoms with van der Waals surface area (Å²) in [6.07, 6.45) is 0. The Kier molecular flexibility index (Phi) is 5.16. The van der Waals surface area contributed by atoms with Crippen LogP contribution in [0.2, 0.25) is 0 Å². The summed E-state index contributed by atoms with van der Waals surface area (Å²) >= 11 is 0. The Morgan fingerprint density at radius 1 is 0.957 bits per heavy atom. The summed E-state index contributed by atoms with van der Waals surface area (Å²) in [5.41, 5.74) is 2.43. The van der Waals surface area contributed by atoms with E-state index in [1.807, 2.05) is 12.1 Å². The van der Waals surface area contributed by atoms with Gasteiger partial charge in [0, 0.05) is 31.7 Å². The maximum Gasteiger partial charge on any atom is 0.124 e. The van der Waals surface area contributed by atoms with E-state index in [0.29, 0.717) is 0 Å². The summed E-state index contributed by atoms with van der Waals surface area (Å²) in [5, 5.41) is 3.43. The van der Waals surface area contributed by atoms with Crippen LogP contribution in [0, 0.1) is 0 Å². The highest BCUT2D eigenvalue weighted by Crippen LogP contribution is 2.37. The molecule has 0 saturated carbocycles. The Labute approximate surface area is 138 Å². The van der Waals surface area contributed by atoms with E-state index in [1.165, 1.54) is 5.56 Å². The topological polar surface area (TPSA) is 33.7 Å². The molecule has 1 unspecified atom stereocenters. The molecule has 0 spiro atoms. The first-order valence-corrected chi connectivity index (χ1v) is 8.05. The number of hydrogen-bond donors (Lipinski definition) is 1. The normalized spacial score (nSPS) is 16.8. The Balaban J connectivity index is 2.07. The molecule has 2 aromatic rings. The van der Waals surface area contributed by atoms with Crippen LogP contribution in [-0.2, 0) is 0 Å². The Hall–Kier alpha value is -2.04. The second kappa shape index (κ2) is 7.49. The zero-order valence-corrected chi connectivity index (χ0v) is 13.8. The van der Waals surface area contributed by atoms with Crippen molar-refractivity contribution >= 4 is 0 Å². The molecule has 0 aliphatic carbocycles. The molecule has 4 heteroatoms. The lowest BCUT2D eigenvalue weighted by molar-refractivity contribution is 0.195. The van der Waals surface area contributed by atoms with E-state index in [1.54, 1.807) is 14.2 Å². The first-order valence-electron chi connectivity index (χ1n) is 8.05. The summed E-state index contributed by atoms with van der Waals surface area (Å²) in [4.78, 5) is 2.50. The molecular formula is C19H24N2O2. The summed E-state index contributed by atoms with van der Waals surface area (Å²) in [7, 11) is 3.43. The van der Waals surface area contributed by atoms with E-state index in [-0.39, 0.29) is 6.04 Å². The molecule has 0 amide bonds. The molecule has 1 N–H and O–H groups in total. The number of piperazine rings is 1. The van der Waals surface area contributed by atoms with Gasteiger partial charge in [-0.1, -0.05) is 30.3 Å². The Morgan fingerprint density at radius 2 is 1.70 bits per heavy atom. The van der Waals surface area contributed by atoms with Crippen molar-refractivity contribution in [1.29, 1.82) is 0 Å². The fourth-order valence-electron chi connectivity index (χ4n) is 3.22. The van der Waals surface area contributed by atoms with Crippen LogP contribution in [-0.4, -0.2) is 45.3 Å². The zero-order valence-electron chi connectivity index (χ0n) is 13.8. The highest BCUT2D eigenvalue weighted by molar-refractivity contribution is 5.46. The van der Waals surface area contributed by atoms with Crippen LogP contribution in [0.5, 0.6) is 11.5 Å². The van der Waals surface area contributed by atoms with Gasteiger partial charge >= 0.3 is 0 Å². The van der Waals surface area contributed by atoms with E-state index in [4.69, 9.17) is 9.47 Å². The fraction of sp³-hybridized carbons (Fsp3) is 0.368. The number of rotatable bonds is 5.